The minimum absolute atomic E-state index is 1.04. The van der Waals surface area contributed by atoms with Gasteiger partial charge >= 0.3 is 0 Å². The number of anilines is 1. The summed E-state index contributed by atoms with van der Waals surface area (Å²) in [6.07, 6.45) is 1.17. The van der Waals surface area contributed by atoms with Crippen LogP contribution in [0.1, 0.15) is 11.1 Å². The van der Waals surface area contributed by atoms with E-state index in [9.17, 15) is 0 Å². The van der Waals surface area contributed by atoms with Crippen molar-refractivity contribution in [3.63, 3.8) is 0 Å². The Labute approximate surface area is 104 Å². The van der Waals surface area contributed by atoms with Gasteiger partial charge in [0.05, 0.1) is 0 Å². The van der Waals surface area contributed by atoms with E-state index in [1.165, 1.54) is 23.2 Å². The number of benzene rings is 1. The normalized spacial score (nSPS) is 14.2. The van der Waals surface area contributed by atoms with Crippen LogP contribution in [-0.2, 0) is 13.0 Å². The molecule has 1 aliphatic rings. The first-order valence-electron chi connectivity index (χ1n) is 6.34. The van der Waals surface area contributed by atoms with Crippen LogP contribution in [-0.4, -0.2) is 50.6 Å². The zero-order valence-electron chi connectivity index (χ0n) is 11.2. The van der Waals surface area contributed by atoms with Crippen LogP contribution in [0.3, 0.4) is 0 Å². The highest BCUT2D eigenvalue weighted by atomic mass is 15.1. The van der Waals surface area contributed by atoms with Gasteiger partial charge in [-0.3, -0.25) is 0 Å². The van der Waals surface area contributed by atoms with Crippen molar-refractivity contribution in [1.29, 1.82) is 0 Å². The van der Waals surface area contributed by atoms with Gasteiger partial charge in [-0.05, 0) is 44.8 Å². The number of nitrogens with one attached hydrogen (secondary N) is 1. The molecular formula is C14H23N3. The maximum atomic E-state index is 3.40. The molecule has 2 rings (SSSR count). The molecule has 3 nitrogen and oxygen atoms in total. The SMILES string of the molecule is CN(C)CCN(C)Cc1ccc2c(c1)CCN2. The highest BCUT2D eigenvalue weighted by Gasteiger charge is 2.10. The van der Waals surface area contributed by atoms with Gasteiger partial charge in [-0.15, -0.1) is 0 Å². The van der Waals surface area contributed by atoms with Crippen LogP contribution in [0.2, 0.25) is 0 Å². The standard InChI is InChI=1S/C14H23N3/c1-16(2)8-9-17(3)11-12-4-5-14-13(10-12)6-7-15-14/h4-5,10,15H,6-9,11H2,1-3H3. The third-order valence-electron chi connectivity index (χ3n) is 3.26. The van der Waals surface area contributed by atoms with E-state index in [0.29, 0.717) is 0 Å². The van der Waals surface area contributed by atoms with Gasteiger partial charge in [0.2, 0.25) is 0 Å². The second-order valence-corrected chi connectivity index (χ2v) is 5.21. The molecular weight excluding hydrogens is 210 g/mol. The summed E-state index contributed by atoms with van der Waals surface area (Å²) in [4.78, 5) is 4.60. The molecule has 1 heterocycles. The number of rotatable bonds is 5. The zero-order valence-corrected chi connectivity index (χ0v) is 11.2. The molecule has 0 radical (unpaired) electrons. The summed E-state index contributed by atoms with van der Waals surface area (Å²) in [5.74, 6) is 0. The van der Waals surface area contributed by atoms with Crippen LogP contribution >= 0.6 is 0 Å². The molecule has 0 atom stereocenters. The number of fused-ring (bicyclic) bond motifs is 1. The summed E-state index contributed by atoms with van der Waals surface area (Å²) < 4.78 is 0. The van der Waals surface area contributed by atoms with Crippen molar-refractivity contribution in [2.24, 2.45) is 0 Å². The fraction of sp³-hybridized carbons (Fsp3) is 0.571. The van der Waals surface area contributed by atoms with Crippen LogP contribution in [0.15, 0.2) is 18.2 Å². The maximum Gasteiger partial charge on any atom is 0.0373 e. The molecule has 17 heavy (non-hydrogen) atoms. The number of hydrogen-bond acceptors (Lipinski definition) is 3. The molecule has 3 heteroatoms. The Morgan fingerprint density at radius 2 is 2.00 bits per heavy atom. The number of likely N-dealkylation sites (N-methyl/N-ethyl adjacent to an activating group) is 2. The van der Waals surface area contributed by atoms with Crippen LogP contribution in [0, 0.1) is 0 Å². The molecule has 0 aromatic heterocycles. The van der Waals surface area contributed by atoms with Gasteiger partial charge in [0.1, 0.15) is 0 Å². The van der Waals surface area contributed by atoms with Crippen molar-refractivity contribution in [3.05, 3.63) is 29.3 Å². The Bertz CT molecular complexity index is 374. The molecule has 0 spiro atoms. The van der Waals surface area contributed by atoms with Crippen LogP contribution in [0.5, 0.6) is 0 Å². The van der Waals surface area contributed by atoms with E-state index in [0.717, 1.165) is 26.2 Å². The molecule has 0 amide bonds. The van der Waals surface area contributed by atoms with Crippen LogP contribution in [0.25, 0.3) is 0 Å². The van der Waals surface area contributed by atoms with Gasteiger partial charge in [-0.25, -0.2) is 0 Å². The molecule has 94 valence electrons. The molecule has 1 aliphatic heterocycles. The lowest BCUT2D eigenvalue weighted by molar-refractivity contribution is 0.276. The highest BCUT2D eigenvalue weighted by Crippen LogP contribution is 2.23. The Morgan fingerprint density at radius 1 is 1.18 bits per heavy atom. The first kappa shape index (κ1) is 12.4. The maximum absolute atomic E-state index is 3.40. The lowest BCUT2D eigenvalue weighted by Gasteiger charge is -2.19. The molecule has 1 aromatic carbocycles. The Hall–Kier alpha value is -1.06. The molecule has 1 aromatic rings. The average Bonchev–Trinajstić information content (AvgIpc) is 2.73. The molecule has 0 unspecified atom stereocenters. The van der Waals surface area contributed by atoms with Gasteiger partial charge in [0, 0.05) is 31.9 Å². The third kappa shape index (κ3) is 3.45. The molecule has 0 saturated carbocycles. The minimum Gasteiger partial charge on any atom is -0.384 e. The summed E-state index contributed by atoms with van der Waals surface area (Å²) in [6.45, 7) is 4.36. The Balaban J connectivity index is 1.90. The second kappa shape index (κ2) is 5.52. The molecule has 0 aliphatic carbocycles. The predicted octanol–water partition coefficient (Wildman–Crippen LogP) is 1.65. The molecule has 0 bridgehead atoms. The predicted molar refractivity (Wildman–Crippen MR) is 73.5 cm³/mol. The lowest BCUT2D eigenvalue weighted by atomic mass is 10.1. The Morgan fingerprint density at radius 3 is 2.76 bits per heavy atom. The van der Waals surface area contributed by atoms with Crippen molar-refractivity contribution in [1.82, 2.24) is 9.80 Å². The molecule has 1 N–H and O–H groups in total. The van der Waals surface area contributed by atoms with E-state index in [4.69, 9.17) is 0 Å². The van der Waals surface area contributed by atoms with E-state index in [1.807, 2.05) is 0 Å². The fourth-order valence-electron chi connectivity index (χ4n) is 2.22. The third-order valence-corrected chi connectivity index (χ3v) is 3.26. The smallest absolute Gasteiger partial charge is 0.0373 e. The number of hydrogen-bond donors (Lipinski definition) is 1. The molecule has 0 fully saturated rings. The first-order valence-corrected chi connectivity index (χ1v) is 6.34. The highest BCUT2D eigenvalue weighted by molar-refractivity contribution is 5.56. The van der Waals surface area contributed by atoms with E-state index in [1.54, 1.807) is 0 Å². The van der Waals surface area contributed by atoms with E-state index >= 15 is 0 Å². The van der Waals surface area contributed by atoms with Crippen LogP contribution in [0.4, 0.5) is 5.69 Å². The monoisotopic (exact) mass is 233 g/mol. The Kier molecular flexibility index (Phi) is 4.02. The van der Waals surface area contributed by atoms with Gasteiger partial charge in [0.25, 0.3) is 0 Å². The quantitative estimate of drug-likeness (QED) is 0.834. The van der Waals surface area contributed by atoms with Crippen molar-refractivity contribution >= 4 is 5.69 Å². The van der Waals surface area contributed by atoms with Gasteiger partial charge in [-0.1, -0.05) is 12.1 Å². The van der Waals surface area contributed by atoms with Crippen molar-refractivity contribution < 1.29 is 0 Å². The summed E-state index contributed by atoms with van der Waals surface area (Å²) in [5, 5.41) is 3.40. The van der Waals surface area contributed by atoms with Gasteiger partial charge in [-0.2, -0.15) is 0 Å². The van der Waals surface area contributed by atoms with E-state index < -0.39 is 0 Å². The number of nitrogens with zero attached hydrogens (tertiary/aromatic N) is 2. The van der Waals surface area contributed by atoms with Crippen molar-refractivity contribution in [2.45, 2.75) is 13.0 Å². The summed E-state index contributed by atoms with van der Waals surface area (Å²) in [5.41, 5.74) is 4.22. The second-order valence-electron chi connectivity index (χ2n) is 5.21. The van der Waals surface area contributed by atoms with Crippen LogP contribution < -0.4 is 5.32 Å². The zero-order chi connectivity index (χ0) is 12.3. The summed E-state index contributed by atoms with van der Waals surface area (Å²) in [7, 11) is 6.43. The average molecular weight is 233 g/mol. The lowest BCUT2D eigenvalue weighted by Crippen LogP contribution is -2.28. The molecule has 0 saturated heterocycles. The minimum atomic E-state index is 1.04. The summed E-state index contributed by atoms with van der Waals surface area (Å²) >= 11 is 0. The van der Waals surface area contributed by atoms with Crippen molar-refractivity contribution in [3.8, 4) is 0 Å². The first-order chi connectivity index (χ1) is 8.15. The van der Waals surface area contributed by atoms with E-state index in [-0.39, 0.29) is 0 Å². The topological polar surface area (TPSA) is 18.5 Å². The fourth-order valence-corrected chi connectivity index (χ4v) is 2.22. The van der Waals surface area contributed by atoms with Gasteiger partial charge < -0.3 is 15.1 Å². The van der Waals surface area contributed by atoms with Gasteiger partial charge in [0.15, 0.2) is 0 Å². The van der Waals surface area contributed by atoms with Crippen molar-refractivity contribution in [2.75, 3.05) is 46.1 Å². The largest absolute Gasteiger partial charge is 0.384 e. The summed E-state index contributed by atoms with van der Waals surface area (Å²) in [6, 6.07) is 6.81. The van der Waals surface area contributed by atoms with E-state index in [2.05, 4.69) is 54.5 Å².